The predicted octanol–water partition coefficient (Wildman–Crippen LogP) is 1.28. The van der Waals surface area contributed by atoms with Crippen molar-refractivity contribution >= 4 is 11.9 Å². The molecule has 0 saturated heterocycles. The molecule has 0 radical (unpaired) electrons. The van der Waals surface area contributed by atoms with E-state index in [9.17, 15) is 9.59 Å². The predicted molar refractivity (Wildman–Crippen MR) is 74.2 cm³/mol. The van der Waals surface area contributed by atoms with Crippen LogP contribution < -0.4 is 0 Å². The Bertz CT molecular complexity index is 514. The zero-order valence-electron chi connectivity index (χ0n) is 12.0. The highest BCUT2D eigenvalue weighted by molar-refractivity contribution is 5.97. The van der Waals surface area contributed by atoms with Crippen LogP contribution in [0.1, 0.15) is 28.7 Å². The standard InChI is InChI=1S/C14H19N3O3/c1-5-7-17(9-13(18)20-6-2)14(19)12-8-10(3)15-16-11(12)4/h5,8H,1,6-7,9H2,2-4H3. The molecule has 0 atom stereocenters. The van der Waals surface area contributed by atoms with Gasteiger partial charge in [0.1, 0.15) is 6.54 Å². The summed E-state index contributed by atoms with van der Waals surface area (Å²) < 4.78 is 4.86. The number of aryl methyl sites for hydroxylation is 2. The van der Waals surface area contributed by atoms with Crippen molar-refractivity contribution in [3.63, 3.8) is 0 Å². The summed E-state index contributed by atoms with van der Waals surface area (Å²) in [5, 5.41) is 7.80. The van der Waals surface area contributed by atoms with Gasteiger partial charge in [0.15, 0.2) is 0 Å². The Balaban J connectivity index is 2.95. The van der Waals surface area contributed by atoms with Crippen molar-refractivity contribution in [1.82, 2.24) is 15.1 Å². The van der Waals surface area contributed by atoms with E-state index in [1.807, 2.05) is 0 Å². The first kappa shape index (κ1) is 15.8. The first-order chi connectivity index (χ1) is 9.49. The van der Waals surface area contributed by atoms with E-state index in [-0.39, 0.29) is 25.6 Å². The maximum absolute atomic E-state index is 12.5. The van der Waals surface area contributed by atoms with Gasteiger partial charge in [0, 0.05) is 6.54 Å². The van der Waals surface area contributed by atoms with Gasteiger partial charge >= 0.3 is 5.97 Å². The third kappa shape index (κ3) is 4.15. The Labute approximate surface area is 118 Å². The largest absolute Gasteiger partial charge is 0.465 e. The Kier molecular flexibility index (Phi) is 5.83. The van der Waals surface area contributed by atoms with Crippen molar-refractivity contribution in [2.24, 2.45) is 0 Å². The van der Waals surface area contributed by atoms with E-state index in [1.54, 1.807) is 32.9 Å². The highest BCUT2D eigenvalue weighted by atomic mass is 16.5. The van der Waals surface area contributed by atoms with Gasteiger partial charge in [0.25, 0.3) is 5.91 Å². The lowest BCUT2D eigenvalue weighted by molar-refractivity contribution is -0.143. The molecule has 6 nitrogen and oxygen atoms in total. The zero-order chi connectivity index (χ0) is 15.1. The highest BCUT2D eigenvalue weighted by Crippen LogP contribution is 2.09. The number of hydrogen-bond donors (Lipinski definition) is 0. The Hall–Kier alpha value is -2.24. The Morgan fingerprint density at radius 2 is 2.10 bits per heavy atom. The third-order valence-corrected chi connectivity index (χ3v) is 2.59. The van der Waals surface area contributed by atoms with Gasteiger partial charge < -0.3 is 9.64 Å². The van der Waals surface area contributed by atoms with Crippen molar-refractivity contribution in [2.45, 2.75) is 20.8 Å². The van der Waals surface area contributed by atoms with Crippen LogP contribution in [0, 0.1) is 13.8 Å². The number of aromatic nitrogens is 2. The van der Waals surface area contributed by atoms with Crippen molar-refractivity contribution in [3.8, 4) is 0 Å². The number of ether oxygens (including phenoxy) is 1. The number of esters is 1. The second-order valence-electron chi connectivity index (χ2n) is 4.26. The lowest BCUT2D eigenvalue weighted by atomic mass is 10.1. The summed E-state index contributed by atoms with van der Waals surface area (Å²) in [5.41, 5.74) is 1.61. The number of rotatable bonds is 6. The summed E-state index contributed by atoms with van der Waals surface area (Å²) >= 11 is 0. The van der Waals surface area contributed by atoms with Crippen LogP contribution in [-0.4, -0.2) is 46.7 Å². The van der Waals surface area contributed by atoms with E-state index in [0.29, 0.717) is 17.0 Å². The molecule has 1 amide bonds. The molecular weight excluding hydrogens is 258 g/mol. The van der Waals surface area contributed by atoms with Gasteiger partial charge in [-0.15, -0.1) is 6.58 Å². The summed E-state index contributed by atoms with van der Waals surface area (Å²) in [7, 11) is 0. The Morgan fingerprint density at radius 1 is 1.40 bits per heavy atom. The van der Waals surface area contributed by atoms with Crippen LogP contribution in [-0.2, 0) is 9.53 Å². The number of carbonyl (C=O) groups is 2. The fraction of sp³-hybridized carbons (Fsp3) is 0.429. The van der Waals surface area contributed by atoms with Gasteiger partial charge in [-0.1, -0.05) is 6.08 Å². The fourth-order valence-corrected chi connectivity index (χ4v) is 1.67. The molecule has 1 rings (SSSR count). The number of hydrogen-bond acceptors (Lipinski definition) is 5. The molecule has 0 N–H and O–H groups in total. The second kappa shape index (κ2) is 7.37. The molecule has 0 unspecified atom stereocenters. The van der Waals surface area contributed by atoms with Gasteiger partial charge in [-0.25, -0.2) is 0 Å². The van der Waals surface area contributed by atoms with E-state index >= 15 is 0 Å². The lowest BCUT2D eigenvalue weighted by Gasteiger charge is -2.20. The second-order valence-corrected chi connectivity index (χ2v) is 4.26. The van der Waals surface area contributed by atoms with Crippen LogP contribution in [0.5, 0.6) is 0 Å². The van der Waals surface area contributed by atoms with Gasteiger partial charge in [-0.05, 0) is 26.8 Å². The van der Waals surface area contributed by atoms with Crippen molar-refractivity contribution in [3.05, 3.63) is 35.7 Å². The van der Waals surface area contributed by atoms with Crippen LogP contribution in [0.3, 0.4) is 0 Å². The molecule has 1 aromatic heterocycles. The maximum atomic E-state index is 12.5. The third-order valence-electron chi connectivity index (χ3n) is 2.59. The van der Waals surface area contributed by atoms with E-state index in [0.717, 1.165) is 0 Å². The molecular formula is C14H19N3O3. The molecule has 0 fully saturated rings. The summed E-state index contributed by atoms with van der Waals surface area (Å²) in [4.78, 5) is 25.4. The fourth-order valence-electron chi connectivity index (χ4n) is 1.67. The molecule has 0 bridgehead atoms. The summed E-state index contributed by atoms with van der Waals surface area (Å²) in [6.07, 6.45) is 1.56. The van der Waals surface area contributed by atoms with Gasteiger partial charge in [-0.2, -0.15) is 10.2 Å². The van der Waals surface area contributed by atoms with Crippen LogP contribution in [0.15, 0.2) is 18.7 Å². The molecule has 0 aliphatic rings. The van der Waals surface area contributed by atoms with Crippen LogP contribution >= 0.6 is 0 Å². The van der Waals surface area contributed by atoms with E-state index in [2.05, 4.69) is 16.8 Å². The smallest absolute Gasteiger partial charge is 0.325 e. The maximum Gasteiger partial charge on any atom is 0.325 e. The topological polar surface area (TPSA) is 72.4 Å². The first-order valence-corrected chi connectivity index (χ1v) is 6.36. The van der Waals surface area contributed by atoms with Crippen LogP contribution in [0.2, 0.25) is 0 Å². The first-order valence-electron chi connectivity index (χ1n) is 6.36. The monoisotopic (exact) mass is 277 g/mol. The zero-order valence-corrected chi connectivity index (χ0v) is 12.0. The molecule has 0 aliphatic heterocycles. The average molecular weight is 277 g/mol. The summed E-state index contributed by atoms with van der Waals surface area (Å²) in [6.45, 7) is 9.21. The van der Waals surface area contributed by atoms with Crippen molar-refractivity contribution < 1.29 is 14.3 Å². The average Bonchev–Trinajstić information content (AvgIpc) is 2.40. The van der Waals surface area contributed by atoms with E-state index in [4.69, 9.17) is 4.74 Å². The highest BCUT2D eigenvalue weighted by Gasteiger charge is 2.21. The Morgan fingerprint density at radius 3 is 2.70 bits per heavy atom. The van der Waals surface area contributed by atoms with Crippen molar-refractivity contribution in [2.75, 3.05) is 19.7 Å². The summed E-state index contributed by atoms with van der Waals surface area (Å²) in [6, 6.07) is 1.66. The molecule has 0 spiro atoms. The molecule has 108 valence electrons. The molecule has 1 heterocycles. The van der Waals surface area contributed by atoms with Gasteiger partial charge in [0.05, 0.1) is 23.6 Å². The van der Waals surface area contributed by atoms with Gasteiger partial charge in [0.2, 0.25) is 0 Å². The minimum absolute atomic E-state index is 0.112. The number of nitrogens with zero attached hydrogens (tertiary/aromatic N) is 3. The summed E-state index contributed by atoms with van der Waals surface area (Å²) in [5.74, 6) is -0.729. The lowest BCUT2D eigenvalue weighted by Crippen LogP contribution is -2.37. The molecule has 1 aromatic rings. The van der Waals surface area contributed by atoms with E-state index < -0.39 is 5.97 Å². The SMILES string of the molecule is C=CCN(CC(=O)OCC)C(=O)c1cc(C)nnc1C. The molecule has 0 aliphatic carbocycles. The molecule has 6 heteroatoms. The van der Waals surface area contributed by atoms with Crippen molar-refractivity contribution in [1.29, 1.82) is 0 Å². The minimum atomic E-state index is -0.445. The number of carbonyl (C=O) groups excluding carboxylic acids is 2. The molecule has 0 aromatic carbocycles. The molecule has 20 heavy (non-hydrogen) atoms. The van der Waals surface area contributed by atoms with E-state index in [1.165, 1.54) is 4.90 Å². The molecule has 0 saturated carbocycles. The quantitative estimate of drug-likeness (QED) is 0.578. The number of amides is 1. The van der Waals surface area contributed by atoms with Gasteiger partial charge in [-0.3, -0.25) is 9.59 Å². The van der Waals surface area contributed by atoms with Crippen LogP contribution in [0.4, 0.5) is 0 Å². The minimum Gasteiger partial charge on any atom is -0.465 e. The normalized spacial score (nSPS) is 9.95. The van der Waals surface area contributed by atoms with Crippen LogP contribution in [0.25, 0.3) is 0 Å².